The van der Waals surface area contributed by atoms with Crippen molar-refractivity contribution in [2.45, 2.75) is 45.8 Å². The van der Waals surface area contributed by atoms with Crippen LogP contribution >= 0.6 is 0 Å². The molecule has 118 valence electrons. The molecule has 0 bridgehead atoms. The average Bonchev–Trinajstić information content (AvgIpc) is 2.41. The lowest BCUT2D eigenvalue weighted by Crippen LogP contribution is -2.49. The highest BCUT2D eigenvalue weighted by molar-refractivity contribution is 5.80. The second-order valence-electron chi connectivity index (χ2n) is 5.15. The molecule has 1 rings (SSSR count). The summed E-state index contributed by atoms with van der Waals surface area (Å²) in [5, 5.41) is 0. The molecule has 0 aliphatic heterocycles. The van der Waals surface area contributed by atoms with Gasteiger partial charge in [-0.3, -0.25) is 4.79 Å². The molecule has 0 fully saturated rings. The van der Waals surface area contributed by atoms with E-state index in [9.17, 15) is 4.79 Å². The fourth-order valence-electron chi connectivity index (χ4n) is 2.06. The van der Waals surface area contributed by atoms with Gasteiger partial charge < -0.3 is 19.9 Å². The van der Waals surface area contributed by atoms with Crippen molar-refractivity contribution in [3.63, 3.8) is 0 Å². The maximum Gasteiger partial charge on any atom is 0.325 e. The smallest absolute Gasteiger partial charge is 0.325 e. The predicted octanol–water partition coefficient (Wildman–Crippen LogP) is 2.52. The van der Waals surface area contributed by atoms with Gasteiger partial charge in [0.1, 0.15) is 5.54 Å². The molecule has 1 aromatic carbocycles. The van der Waals surface area contributed by atoms with E-state index in [-0.39, 0.29) is 6.10 Å². The minimum Gasteiger partial charge on any atom is -0.490 e. The molecular weight excluding hydrogens is 270 g/mol. The van der Waals surface area contributed by atoms with Gasteiger partial charge in [-0.15, -0.1) is 0 Å². The summed E-state index contributed by atoms with van der Waals surface area (Å²) in [6.45, 7) is 8.07. The highest BCUT2D eigenvalue weighted by Crippen LogP contribution is 2.28. The maximum absolute atomic E-state index is 11.8. The summed E-state index contributed by atoms with van der Waals surface area (Å²) < 4.78 is 16.3. The van der Waals surface area contributed by atoms with E-state index in [4.69, 9.17) is 19.9 Å². The van der Waals surface area contributed by atoms with E-state index in [1.807, 2.05) is 38.1 Å². The van der Waals surface area contributed by atoms with Crippen LogP contribution in [0.2, 0.25) is 0 Å². The van der Waals surface area contributed by atoms with Crippen LogP contribution in [0.1, 0.15) is 34.1 Å². The topological polar surface area (TPSA) is 70.8 Å². The Labute approximate surface area is 126 Å². The Balaban J connectivity index is 2.69. The van der Waals surface area contributed by atoms with Crippen LogP contribution in [0.5, 0.6) is 11.5 Å². The second-order valence-corrected chi connectivity index (χ2v) is 5.15. The Morgan fingerprint density at radius 1 is 1.24 bits per heavy atom. The molecular formula is C16H25NO4. The number of rotatable bonds is 8. The average molecular weight is 295 g/mol. The number of hydrogen-bond donors (Lipinski definition) is 1. The van der Waals surface area contributed by atoms with Gasteiger partial charge >= 0.3 is 5.97 Å². The number of esters is 1. The Bertz CT molecular complexity index is 459. The van der Waals surface area contributed by atoms with Crippen LogP contribution in [-0.4, -0.2) is 30.8 Å². The standard InChI is InChI=1S/C16H25NO4/c1-5-19-13-9-7-8-10-14(13)21-12(3)11-16(4,17)15(18)20-6-2/h7-10,12H,5-6,11,17H2,1-4H3. The number of ether oxygens (including phenoxy) is 3. The Morgan fingerprint density at radius 3 is 2.43 bits per heavy atom. The molecule has 5 heteroatoms. The van der Waals surface area contributed by atoms with Crippen molar-refractivity contribution in [1.29, 1.82) is 0 Å². The first kappa shape index (κ1) is 17.3. The lowest BCUT2D eigenvalue weighted by Gasteiger charge is -2.26. The molecule has 0 spiro atoms. The summed E-state index contributed by atoms with van der Waals surface area (Å²) in [6.07, 6.45) is 0.109. The molecule has 0 aliphatic carbocycles. The molecule has 1 aromatic rings. The molecule has 5 nitrogen and oxygen atoms in total. The molecule has 2 unspecified atom stereocenters. The summed E-state index contributed by atoms with van der Waals surface area (Å²) in [5.41, 5.74) is 4.94. The van der Waals surface area contributed by atoms with E-state index >= 15 is 0 Å². The molecule has 0 saturated carbocycles. The third-order valence-electron chi connectivity index (χ3n) is 2.93. The zero-order valence-corrected chi connectivity index (χ0v) is 13.2. The van der Waals surface area contributed by atoms with Crippen LogP contribution in [0.3, 0.4) is 0 Å². The zero-order chi connectivity index (χ0) is 15.9. The minimum absolute atomic E-state index is 0.244. The monoisotopic (exact) mass is 295 g/mol. The van der Waals surface area contributed by atoms with Crippen LogP contribution in [0, 0.1) is 0 Å². The van der Waals surface area contributed by atoms with E-state index in [2.05, 4.69) is 0 Å². The van der Waals surface area contributed by atoms with Crippen LogP contribution < -0.4 is 15.2 Å². The van der Waals surface area contributed by atoms with Crippen LogP contribution in [0.15, 0.2) is 24.3 Å². The number of para-hydroxylation sites is 2. The first-order valence-corrected chi connectivity index (χ1v) is 7.25. The van der Waals surface area contributed by atoms with E-state index in [1.54, 1.807) is 13.8 Å². The number of carbonyl (C=O) groups is 1. The molecule has 21 heavy (non-hydrogen) atoms. The number of hydrogen-bond acceptors (Lipinski definition) is 5. The fraction of sp³-hybridized carbons (Fsp3) is 0.562. The second kappa shape index (κ2) is 7.88. The number of nitrogens with two attached hydrogens (primary N) is 1. The first-order valence-electron chi connectivity index (χ1n) is 7.25. The van der Waals surface area contributed by atoms with Crippen molar-refractivity contribution in [2.24, 2.45) is 5.73 Å². The van der Waals surface area contributed by atoms with Gasteiger partial charge in [-0.05, 0) is 39.8 Å². The molecule has 0 radical (unpaired) electrons. The highest BCUT2D eigenvalue weighted by atomic mass is 16.5. The Hall–Kier alpha value is -1.75. The van der Waals surface area contributed by atoms with Gasteiger partial charge in [0.25, 0.3) is 0 Å². The molecule has 0 saturated heterocycles. The van der Waals surface area contributed by atoms with Gasteiger partial charge in [0, 0.05) is 6.42 Å². The lowest BCUT2D eigenvalue weighted by molar-refractivity contribution is -0.149. The lowest BCUT2D eigenvalue weighted by atomic mass is 9.96. The van der Waals surface area contributed by atoms with Crippen LogP contribution in [-0.2, 0) is 9.53 Å². The summed E-state index contributed by atoms with van der Waals surface area (Å²) in [6, 6.07) is 7.43. The zero-order valence-electron chi connectivity index (χ0n) is 13.2. The van der Waals surface area contributed by atoms with Crippen molar-refractivity contribution in [1.82, 2.24) is 0 Å². The fourth-order valence-corrected chi connectivity index (χ4v) is 2.06. The van der Waals surface area contributed by atoms with Crippen molar-refractivity contribution in [3.8, 4) is 11.5 Å². The largest absolute Gasteiger partial charge is 0.490 e. The van der Waals surface area contributed by atoms with Crippen molar-refractivity contribution < 1.29 is 19.0 Å². The molecule has 2 atom stereocenters. The van der Waals surface area contributed by atoms with Gasteiger partial charge in [0.2, 0.25) is 0 Å². The quantitative estimate of drug-likeness (QED) is 0.746. The van der Waals surface area contributed by atoms with E-state index < -0.39 is 11.5 Å². The molecule has 2 N–H and O–H groups in total. The number of carbonyl (C=O) groups excluding carboxylic acids is 1. The van der Waals surface area contributed by atoms with Crippen molar-refractivity contribution in [2.75, 3.05) is 13.2 Å². The molecule has 0 aliphatic rings. The van der Waals surface area contributed by atoms with Gasteiger partial charge in [0.15, 0.2) is 11.5 Å². The number of benzene rings is 1. The van der Waals surface area contributed by atoms with Crippen molar-refractivity contribution >= 4 is 5.97 Å². The predicted molar refractivity (Wildman–Crippen MR) is 81.5 cm³/mol. The summed E-state index contributed by atoms with van der Waals surface area (Å²) in [4.78, 5) is 11.8. The minimum atomic E-state index is -1.07. The Kier molecular flexibility index (Phi) is 6.49. The van der Waals surface area contributed by atoms with Crippen molar-refractivity contribution in [3.05, 3.63) is 24.3 Å². The van der Waals surface area contributed by atoms with E-state index in [0.717, 1.165) is 0 Å². The van der Waals surface area contributed by atoms with Gasteiger partial charge in [0.05, 0.1) is 19.3 Å². The third-order valence-corrected chi connectivity index (χ3v) is 2.93. The molecule has 0 heterocycles. The van der Waals surface area contributed by atoms with Gasteiger partial charge in [-0.25, -0.2) is 0 Å². The summed E-state index contributed by atoms with van der Waals surface area (Å²) >= 11 is 0. The van der Waals surface area contributed by atoms with Gasteiger partial charge in [-0.1, -0.05) is 12.1 Å². The summed E-state index contributed by atoms with van der Waals surface area (Å²) in [5.74, 6) is 0.909. The van der Waals surface area contributed by atoms with Crippen LogP contribution in [0.25, 0.3) is 0 Å². The first-order chi connectivity index (χ1) is 9.90. The van der Waals surface area contributed by atoms with E-state index in [1.165, 1.54) is 0 Å². The normalized spacial score (nSPS) is 14.9. The highest BCUT2D eigenvalue weighted by Gasteiger charge is 2.32. The van der Waals surface area contributed by atoms with Crippen LogP contribution in [0.4, 0.5) is 0 Å². The molecule has 0 amide bonds. The summed E-state index contributed by atoms with van der Waals surface area (Å²) in [7, 11) is 0. The SMILES string of the molecule is CCOC(=O)C(C)(N)CC(C)Oc1ccccc1OCC. The third kappa shape index (κ3) is 5.27. The van der Waals surface area contributed by atoms with Gasteiger partial charge in [-0.2, -0.15) is 0 Å². The maximum atomic E-state index is 11.8. The molecule has 0 aromatic heterocycles. The Morgan fingerprint density at radius 2 is 1.86 bits per heavy atom. The van der Waals surface area contributed by atoms with E-state index in [0.29, 0.717) is 31.1 Å².